The van der Waals surface area contributed by atoms with Crippen molar-refractivity contribution in [2.75, 3.05) is 4.90 Å². The molecule has 0 aliphatic rings. The van der Waals surface area contributed by atoms with E-state index in [1.54, 1.807) is 0 Å². The Morgan fingerprint density at radius 3 is 1.56 bits per heavy atom. The van der Waals surface area contributed by atoms with Gasteiger partial charge < -0.3 is 9.47 Å². The zero-order valence-electron chi connectivity index (χ0n) is 26.9. The van der Waals surface area contributed by atoms with E-state index in [4.69, 9.17) is 0 Å². The number of rotatable bonds is 4. The first kappa shape index (κ1) is 28.0. The van der Waals surface area contributed by atoms with Gasteiger partial charge >= 0.3 is 0 Å². The first-order chi connectivity index (χ1) is 24.8. The summed E-state index contributed by atoms with van der Waals surface area (Å²) in [5.74, 6) is 0. The van der Waals surface area contributed by atoms with Gasteiger partial charge in [-0.2, -0.15) is 0 Å². The van der Waals surface area contributed by atoms with E-state index < -0.39 is 0 Å². The predicted octanol–water partition coefficient (Wildman–Crippen LogP) is 14.1. The molecule has 0 bridgehead atoms. The van der Waals surface area contributed by atoms with Crippen LogP contribution in [0.2, 0.25) is 0 Å². The van der Waals surface area contributed by atoms with Gasteiger partial charge in [0.05, 0.1) is 11.0 Å². The third-order valence-electron chi connectivity index (χ3n) is 10.1. The molecule has 3 aromatic heterocycles. The van der Waals surface area contributed by atoms with Gasteiger partial charge in [-0.3, -0.25) is 0 Å². The molecule has 0 aliphatic carbocycles. The Bertz CT molecular complexity index is 3000. The molecule has 0 saturated carbocycles. The smallest absolute Gasteiger partial charge is 0.0619 e. The lowest BCUT2D eigenvalue weighted by molar-refractivity contribution is 1.18. The van der Waals surface area contributed by atoms with Crippen LogP contribution in [0, 0.1) is 0 Å². The van der Waals surface area contributed by atoms with E-state index in [1.165, 1.54) is 78.6 Å². The highest BCUT2D eigenvalue weighted by Crippen LogP contribution is 2.45. The van der Waals surface area contributed by atoms with Crippen LogP contribution in [-0.4, -0.2) is 4.57 Å². The highest BCUT2D eigenvalue weighted by molar-refractivity contribution is 7.26. The zero-order chi connectivity index (χ0) is 32.8. The lowest BCUT2D eigenvalue weighted by Crippen LogP contribution is -2.09. The van der Waals surface area contributed by atoms with Gasteiger partial charge in [0.25, 0.3) is 0 Å². The van der Waals surface area contributed by atoms with Crippen LogP contribution in [0.3, 0.4) is 0 Å². The molecule has 50 heavy (non-hydrogen) atoms. The molecule has 0 atom stereocenters. The second kappa shape index (κ2) is 10.8. The van der Waals surface area contributed by atoms with E-state index in [2.05, 4.69) is 179 Å². The molecule has 0 spiro atoms. The van der Waals surface area contributed by atoms with Gasteiger partial charge in [0.1, 0.15) is 0 Å². The Labute approximate surface area is 296 Å². The van der Waals surface area contributed by atoms with Gasteiger partial charge in [0, 0.05) is 79.3 Å². The van der Waals surface area contributed by atoms with Crippen molar-refractivity contribution in [1.82, 2.24) is 4.57 Å². The van der Waals surface area contributed by atoms with E-state index in [0.29, 0.717) is 0 Å². The van der Waals surface area contributed by atoms with Crippen LogP contribution in [0.4, 0.5) is 17.1 Å². The third kappa shape index (κ3) is 4.13. The number of anilines is 3. The minimum Gasteiger partial charge on any atom is -0.310 e. The molecule has 0 saturated heterocycles. The number of nitrogens with zero attached hydrogens (tertiary/aromatic N) is 2. The second-order valence-electron chi connectivity index (χ2n) is 12.9. The van der Waals surface area contributed by atoms with Crippen molar-refractivity contribution in [3.63, 3.8) is 0 Å². The normalized spacial score (nSPS) is 12.0. The van der Waals surface area contributed by atoms with E-state index in [0.717, 1.165) is 17.1 Å². The lowest BCUT2D eigenvalue weighted by atomic mass is 10.0. The van der Waals surface area contributed by atoms with Crippen LogP contribution < -0.4 is 4.90 Å². The monoisotopic (exact) mass is 672 g/mol. The second-order valence-corrected chi connectivity index (χ2v) is 15.1. The number of thiophene rings is 2. The zero-order valence-corrected chi connectivity index (χ0v) is 28.5. The molecule has 0 unspecified atom stereocenters. The predicted molar refractivity (Wildman–Crippen MR) is 219 cm³/mol. The van der Waals surface area contributed by atoms with Crippen molar-refractivity contribution in [2.45, 2.75) is 0 Å². The maximum absolute atomic E-state index is 2.44. The van der Waals surface area contributed by atoms with Crippen LogP contribution in [0.15, 0.2) is 170 Å². The first-order valence-electron chi connectivity index (χ1n) is 16.9. The number of benzene rings is 8. The van der Waals surface area contributed by atoms with Crippen molar-refractivity contribution in [3.05, 3.63) is 170 Å². The van der Waals surface area contributed by atoms with Crippen LogP contribution >= 0.6 is 22.7 Å². The Morgan fingerprint density at radius 1 is 0.360 bits per heavy atom. The van der Waals surface area contributed by atoms with Crippen molar-refractivity contribution < 1.29 is 0 Å². The molecule has 11 rings (SSSR count). The van der Waals surface area contributed by atoms with Crippen LogP contribution in [0.25, 0.3) is 78.6 Å². The minimum atomic E-state index is 1.14. The number of aromatic nitrogens is 1. The van der Waals surface area contributed by atoms with Gasteiger partial charge in [-0.15, -0.1) is 22.7 Å². The summed E-state index contributed by atoms with van der Waals surface area (Å²) in [6.07, 6.45) is 0. The van der Waals surface area contributed by atoms with E-state index >= 15 is 0 Å². The maximum atomic E-state index is 2.44. The van der Waals surface area contributed by atoms with Crippen LogP contribution in [-0.2, 0) is 0 Å². The SMILES string of the molecule is c1ccc(-n2c3ccc(N(c4ccc5c(c4)sc4ccccc45)c4ccc5c(c4)sc4ccccc45)cc3c3ccc4ccccc4c32)cc1. The van der Waals surface area contributed by atoms with E-state index in [9.17, 15) is 0 Å². The lowest BCUT2D eigenvalue weighted by Gasteiger charge is -2.26. The third-order valence-corrected chi connectivity index (χ3v) is 12.4. The molecule has 3 heterocycles. The summed E-state index contributed by atoms with van der Waals surface area (Å²) in [5.41, 5.74) is 7.05. The molecule has 0 amide bonds. The van der Waals surface area contributed by atoms with Crippen molar-refractivity contribution in [3.8, 4) is 5.69 Å². The molecule has 0 N–H and O–H groups in total. The molecule has 11 aromatic rings. The van der Waals surface area contributed by atoms with Crippen molar-refractivity contribution in [1.29, 1.82) is 0 Å². The molecule has 4 heteroatoms. The maximum Gasteiger partial charge on any atom is 0.0619 e. The Kier molecular flexibility index (Phi) is 6.03. The molecule has 2 nitrogen and oxygen atoms in total. The summed E-state index contributed by atoms with van der Waals surface area (Å²) in [7, 11) is 0. The molecule has 8 aromatic carbocycles. The average molecular weight is 673 g/mol. The molecule has 0 aliphatic heterocycles. The summed E-state index contributed by atoms with van der Waals surface area (Å²) >= 11 is 3.74. The highest BCUT2D eigenvalue weighted by atomic mass is 32.1. The molecular weight excluding hydrogens is 645 g/mol. The van der Waals surface area contributed by atoms with Gasteiger partial charge in [-0.05, 0) is 72.1 Å². The topological polar surface area (TPSA) is 8.17 Å². The number of para-hydroxylation sites is 1. The average Bonchev–Trinajstić information content (AvgIpc) is 3.84. The molecule has 0 radical (unpaired) electrons. The molecule has 234 valence electrons. The molecular formula is C46H28N2S2. The number of hydrogen-bond acceptors (Lipinski definition) is 3. The fraction of sp³-hybridized carbons (Fsp3) is 0. The Balaban J connectivity index is 1.19. The van der Waals surface area contributed by atoms with Gasteiger partial charge in [0.15, 0.2) is 0 Å². The van der Waals surface area contributed by atoms with E-state index in [-0.39, 0.29) is 0 Å². The van der Waals surface area contributed by atoms with E-state index in [1.807, 2.05) is 22.7 Å². The van der Waals surface area contributed by atoms with Gasteiger partial charge in [-0.25, -0.2) is 0 Å². The van der Waals surface area contributed by atoms with Crippen molar-refractivity contribution in [2.24, 2.45) is 0 Å². The molecule has 0 fully saturated rings. The highest BCUT2D eigenvalue weighted by Gasteiger charge is 2.20. The van der Waals surface area contributed by atoms with Crippen LogP contribution in [0.1, 0.15) is 0 Å². The van der Waals surface area contributed by atoms with Gasteiger partial charge in [-0.1, -0.05) is 103 Å². The Morgan fingerprint density at radius 2 is 0.880 bits per heavy atom. The minimum absolute atomic E-state index is 1.14. The summed E-state index contributed by atoms with van der Waals surface area (Å²) in [6.45, 7) is 0. The number of fused-ring (bicyclic) bond motifs is 11. The van der Waals surface area contributed by atoms with Crippen LogP contribution in [0.5, 0.6) is 0 Å². The quantitative estimate of drug-likeness (QED) is 0.181. The fourth-order valence-corrected chi connectivity index (χ4v) is 10.2. The fourth-order valence-electron chi connectivity index (χ4n) is 7.91. The van der Waals surface area contributed by atoms with Gasteiger partial charge in [0.2, 0.25) is 0 Å². The largest absolute Gasteiger partial charge is 0.310 e. The summed E-state index contributed by atoms with van der Waals surface area (Å²) in [4.78, 5) is 2.44. The first-order valence-corrected chi connectivity index (χ1v) is 18.6. The standard InChI is InChI=1S/C46H28N2S2/c1-2-11-30(12-3-1)48-41-25-21-31(26-40(41)39-22-18-29-10-4-5-13-34(29)46(39)48)47(32-19-23-37-35-14-6-8-16-42(35)49-44(37)27-32)33-20-24-38-36-15-7-9-17-43(36)50-45(38)28-33/h1-28H. The summed E-state index contributed by atoms with van der Waals surface area (Å²) in [5, 5.41) is 10.3. The number of hydrogen-bond donors (Lipinski definition) is 0. The summed E-state index contributed by atoms with van der Waals surface area (Å²) < 4.78 is 7.67. The Hall–Kier alpha value is -5.94. The van der Waals surface area contributed by atoms with Crippen molar-refractivity contribution >= 4 is 113 Å². The summed E-state index contributed by atoms with van der Waals surface area (Å²) in [6, 6.07) is 62.5.